The van der Waals surface area contributed by atoms with Gasteiger partial charge in [0.2, 0.25) is 0 Å². The summed E-state index contributed by atoms with van der Waals surface area (Å²) in [5, 5.41) is 3.55. The Labute approximate surface area is 111 Å². The summed E-state index contributed by atoms with van der Waals surface area (Å²) in [6.45, 7) is 7.01. The minimum absolute atomic E-state index is 0.398. The molecule has 1 unspecified atom stereocenters. The number of allylic oxidation sites excluding steroid dienone is 1. The molecule has 0 amide bonds. The van der Waals surface area contributed by atoms with Gasteiger partial charge in [-0.2, -0.15) is 0 Å². The van der Waals surface area contributed by atoms with E-state index in [2.05, 4.69) is 31.0 Å². The number of ether oxygens (including phenoxy) is 1. The van der Waals surface area contributed by atoms with Crippen molar-refractivity contribution >= 4 is 0 Å². The summed E-state index contributed by atoms with van der Waals surface area (Å²) in [5.74, 6) is 0.912. The van der Waals surface area contributed by atoms with Crippen LogP contribution in [0.5, 0.6) is 5.75 Å². The minimum atomic E-state index is 0.398. The van der Waals surface area contributed by atoms with E-state index in [1.165, 1.54) is 24.8 Å². The molecule has 2 heteroatoms. The zero-order valence-corrected chi connectivity index (χ0v) is 11.6. The lowest BCUT2D eigenvalue weighted by Gasteiger charge is -2.14. The standard InChI is InChI=1S/C16H25NO/c1-4-5-6-7-8-13-17-14(2)15-9-11-16(18-3)12-10-15/h4,9-12,14,17H,1,5-8,13H2,2-3H3. The summed E-state index contributed by atoms with van der Waals surface area (Å²) < 4.78 is 5.16. The second-order valence-corrected chi connectivity index (χ2v) is 4.59. The van der Waals surface area contributed by atoms with Crippen LogP contribution < -0.4 is 10.1 Å². The molecule has 1 rings (SSSR count). The number of methoxy groups -OCH3 is 1. The first-order valence-corrected chi connectivity index (χ1v) is 6.76. The van der Waals surface area contributed by atoms with Gasteiger partial charge < -0.3 is 10.1 Å². The Morgan fingerprint density at radius 2 is 1.94 bits per heavy atom. The Morgan fingerprint density at radius 1 is 1.22 bits per heavy atom. The van der Waals surface area contributed by atoms with E-state index >= 15 is 0 Å². The van der Waals surface area contributed by atoms with Gasteiger partial charge in [0.1, 0.15) is 5.75 Å². The van der Waals surface area contributed by atoms with Crippen molar-refractivity contribution in [3.8, 4) is 5.75 Å². The number of rotatable bonds is 9. The largest absolute Gasteiger partial charge is 0.497 e. The fourth-order valence-electron chi connectivity index (χ4n) is 1.92. The molecular formula is C16H25NO. The third kappa shape index (κ3) is 5.37. The van der Waals surface area contributed by atoms with Crippen LogP contribution in [0.2, 0.25) is 0 Å². The van der Waals surface area contributed by atoms with E-state index in [4.69, 9.17) is 4.74 Å². The molecule has 0 saturated heterocycles. The van der Waals surface area contributed by atoms with Crippen LogP contribution >= 0.6 is 0 Å². The van der Waals surface area contributed by atoms with Crippen molar-refractivity contribution in [3.63, 3.8) is 0 Å². The Balaban J connectivity index is 2.22. The molecule has 0 heterocycles. The van der Waals surface area contributed by atoms with Gasteiger partial charge in [0.15, 0.2) is 0 Å². The van der Waals surface area contributed by atoms with E-state index in [0.717, 1.165) is 18.7 Å². The van der Waals surface area contributed by atoms with Gasteiger partial charge in [-0.15, -0.1) is 6.58 Å². The molecule has 1 N–H and O–H groups in total. The van der Waals surface area contributed by atoms with E-state index in [-0.39, 0.29) is 0 Å². The molecule has 0 saturated carbocycles. The summed E-state index contributed by atoms with van der Waals surface area (Å²) in [7, 11) is 1.69. The highest BCUT2D eigenvalue weighted by molar-refractivity contribution is 5.28. The van der Waals surface area contributed by atoms with Crippen LogP contribution in [-0.4, -0.2) is 13.7 Å². The third-order valence-corrected chi connectivity index (χ3v) is 3.15. The first-order valence-electron chi connectivity index (χ1n) is 6.76. The normalized spacial score (nSPS) is 12.1. The predicted octanol–water partition coefficient (Wildman–Crippen LogP) is 4.09. The average Bonchev–Trinajstić information content (AvgIpc) is 2.42. The van der Waals surface area contributed by atoms with Crippen LogP contribution in [0.3, 0.4) is 0 Å². The SMILES string of the molecule is C=CCCCCCNC(C)c1ccc(OC)cc1. The van der Waals surface area contributed by atoms with E-state index < -0.39 is 0 Å². The topological polar surface area (TPSA) is 21.3 Å². The smallest absolute Gasteiger partial charge is 0.118 e. The Morgan fingerprint density at radius 3 is 2.56 bits per heavy atom. The average molecular weight is 247 g/mol. The number of nitrogens with one attached hydrogen (secondary N) is 1. The summed E-state index contributed by atoms with van der Waals surface area (Å²) in [4.78, 5) is 0. The van der Waals surface area contributed by atoms with E-state index in [1.54, 1.807) is 7.11 Å². The lowest BCUT2D eigenvalue weighted by molar-refractivity contribution is 0.414. The first-order chi connectivity index (χ1) is 8.77. The van der Waals surface area contributed by atoms with E-state index in [1.807, 2.05) is 18.2 Å². The molecule has 0 aliphatic heterocycles. The van der Waals surface area contributed by atoms with Gasteiger partial charge in [-0.3, -0.25) is 0 Å². The highest BCUT2D eigenvalue weighted by Crippen LogP contribution is 2.17. The maximum Gasteiger partial charge on any atom is 0.118 e. The Hall–Kier alpha value is -1.28. The number of hydrogen-bond donors (Lipinski definition) is 1. The molecule has 1 atom stereocenters. The molecule has 0 spiro atoms. The van der Waals surface area contributed by atoms with Gasteiger partial charge in [0.25, 0.3) is 0 Å². The van der Waals surface area contributed by atoms with Gasteiger partial charge in [-0.25, -0.2) is 0 Å². The van der Waals surface area contributed by atoms with Crippen LogP contribution in [-0.2, 0) is 0 Å². The molecule has 1 aromatic carbocycles. The number of benzene rings is 1. The molecule has 2 nitrogen and oxygen atoms in total. The van der Waals surface area contributed by atoms with Gasteiger partial charge in [-0.05, 0) is 50.4 Å². The molecular weight excluding hydrogens is 222 g/mol. The van der Waals surface area contributed by atoms with Crippen molar-refractivity contribution in [1.29, 1.82) is 0 Å². The zero-order valence-electron chi connectivity index (χ0n) is 11.6. The van der Waals surface area contributed by atoms with Crippen LogP contribution in [0.1, 0.15) is 44.2 Å². The van der Waals surface area contributed by atoms with Crippen LogP contribution in [0, 0.1) is 0 Å². The van der Waals surface area contributed by atoms with Crippen LogP contribution in [0.15, 0.2) is 36.9 Å². The van der Waals surface area contributed by atoms with Gasteiger partial charge in [-0.1, -0.05) is 24.6 Å². The van der Waals surface area contributed by atoms with Crippen molar-refractivity contribution in [2.75, 3.05) is 13.7 Å². The molecule has 18 heavy (non-hydrogen) atoms. The van der Waals surface area contributed by atoms with E-state index in [0.29, 0.717) is 6.04 Å². The quantitative estimate of drug-likeness (QED) is 0.524. The minimum Gasteiger partial charge on any atom is -0.497 e. The van der Waals surface area contributed by atoms with Gasteiger partial charge in [0.05, 0.1) is 7.11 Å². The maximum absolute atomic E-state index is 5.16. The molecule has 0 bridgehead atoms. The summed E-state index contributed by atoms with van der Waals surface area (Å²) in [5.41, 5.74) is 1.31. The monoisotopic (exact) mass is 247 g/mol. The fourth-order valence-corrected chi connectivity index (χ4v) is 1.92. The third-order valence-electron chi connectivity index (χ3n) is 3.15. The fraction of sp³-hybridized carbons (Fsp3) is 0.500. The van der Waals surface area contributed by atoms with Crippen LogP contribution in [0.25, 0.3) is 0 Å². The zero-order chi connectivity index (χ0) is 13.2. The highest BCUT2D eigenvalue weighted by atomic mass is 16.5. The predicted molar refractivity (Wildman–Crippen MR) is 78.1 cm³/mol. The highest BCUT2D eigenvalue weighted by Gasteiger charge is 2.03. The van der Waals surface area contributed by atoms with Crippen molar-refractivity contribution in [1.82, 2.24) is 5.32 Å². The molecule has 0 aliphatic carbocycles. The second-order valence-electron chi connectivity index (χ2n) is 4.59. The van der Waals surface area contributed by atoms with Crippen molar-refractivity contribution in [2.24, 2.45) is 0 Å². The Kier molecular flexibility index (Phi) is 7.19. The van der Waals surface area contributed by atoms with Crippen molar-refractivity contribution < 1.29 is 4.74 Å². The molecule has 0 aromatic heterocycles. The molecule has 100 valence electrons. The van der Waals surface area contributed by atoms with Gasteiger partial charge >= 0.3 is 0 Å². The summed E-state index contributed by atoms with van der Waals surface area (Å²) in [6, 6.07) is 8.66. The number of unbranched alkanes of at least 4 members (excludes halogenated alkanes) is 3. The first kappa shape index (κ1) is 14.8. The molecule has 1 aromatic rings. The van der Waals surface area contributed by atoms with E-state index in [9.17, 15) is 0 Å². The van der Waals surface area contributed by atoms with Crippen LogP contribution in [0.4, 0.5) is 0 Å². The Bertz CT molecular complexity index is 331. The maximum atomic E-state index is 5.16. The van der Waals surface area contributed by atoms with Crippen molar-refractivity contribution in [2.45, 2.75) is 38.6 Å². The lowest BCUT2D eigenvalue weighted by atomic mass is 10.1. The summed E-state index contributed by atoms with van der Waals surface area (Å²) >= 11 is 0. The second kappa shape index (κ2) is 8.76. The molecule has 0 aliphatic rings. The van der Waals surface area contributed by atoms with Gasteiger partial charge in [0, 0.05) is 6.04 Å². The molecule has 0 radical (unpaired) electrons. The van der Waals surface area contributed by atoms with Crippen molar-refractivity contribution in [3.05, 3.63) is 42.5 Å². The lowest BCUT2D eigenvalue weighted by Crippen LogP contribution is -2.19. The summed E-state index contributed by atoms with van der Waals surface area (Å²) in [6.07, 6.45) is 6.88. The molecule has 0 fully saturated rings. The number of hydrogen-bond acceptors (Lipinski definition) is 2.